The van der Waals surface area contributed by atoms with Crippen molar-refractivity contribution in [1.82, 2.24) is 35.3 Å². The minimum Gasteiger partial charge on any atom is -0.245 e. The maximum Gasteiger partial charge on any atom is 0.166 e. The maximum absolute atomic E-state index is 4.83. The Kier molecular flexibility index (Phi) is 6.41. The Bertz CT molecular complexity index is 1780. The minimum absolute atomic E-state index is 0.714. The van der Waals surface area contributed by atoms with Crippen LogP contribution in [-0.4, -0.2) is 35.3 Å². The van der Waals surface area contributed by atoms with Crippen LogP contribution in [0.1, 0.15) is 0 Å². The summed E-state index contributed by atoms with van der Waals surface area (Å²) >= 11 is 2.92. The zero-order chi connectivity index (χ0) is 26.7. The fraction of sp³-hybridized carbons (Fsp3) is 0. The molecule has 0 saturated carbocycles. The van der Waals surface area contributed by atoms with Gasteiger partial charge >= 0.3 is 0 Å². The average molecular weight is 554 g/mol. The van der Waals surface area contributed by atoms with Crippen LogP contribution in [0.2, 0.25) is 0 Å². The third kappa shape index (κ3) is 4.91. The zero-order valence-electron chi connectivity index (χ0n) is 20.9. The first-order valence-corrected chi connectivity index (χ1v) is 14.1. The summed E-state index contributed by atoms with van der Waals surface area (Å²) in [6, 6.07) is 37.8. The Morgan fingerprint density at radius 2 is 0.600 bits per heavy atom. The molecule has 7 nitrogen and oxygen atoms in total. The lowest BCUT2D eigenvalue weighted by Gasteiger charge is -2.02. The number of aromatic nitrogens is 7. The second kappa shape index (κ2) is 10.6. The molecule has 5 aromatic heterocycles. The van der Waals surface area contributed by atoms with Crippen LogP contribution in [0.3, 0.4) is 0 Å². The van der Waals surface area contributed by atoms with Crippen molar-refractivity contribution in [2.75, 3.05) is 0 Å². The van der Waals surface area contributed by atoms with Gasteiger partial charge in [0.15, 0.2) is 20.0 Å². The summed E-state index contributed by atoms with van der Waals surface area (Å²) in [5.41, 5.74) is 6.91. The van der Waals surface area contributed by atoms with Gasteiger partial charge in [0.2, 0.25) is 0 Å². The van der Waals surface area contributed by atoms with E-state index in [1.165, 1.54) is 22.7 Å². The molecule has 7 aromatic rings. The number of hydrogen-bond donors (Lipinski definition) is 0. The molecule has 9 heteroatoms. The number of pyridine rings is 3. The van der Waals surface area contributed by atoms with Crippen LogP contribution >= 0.6 is 22.7 Å². The van der Waals surface area contributed by atoms with E-state index in [4.69, 9.17) is 15.0 Å². The largest absolute Gasteiger partial charge is 0.245 e. The quantitative estimate of drug-likeness (QED) is 0.210. The SMILES string of the molecule is c1ccc(-c2cccc(-c3nnc(-c4cccc(-c5nnc(-c6cccc(-c7ccccc7)n6)s5)n4)s3)n2)cc1. The van der Waals surface area contributed by atoms with Gasteiger partial charge in [-0.25, -0.2) is 15.0 Å². The summed E-state index contributed by atoms with van der Waals surface area (Å²) in [4.78, 5) is 14.4. The molecule has 0 amide bonds. The third-order valence-corrected chi connectivity index (χ3v) is 8.05. The maximum atomic E-state index is 4.83. The first kappa shape index (κ1) is 24.1. The van der Waals surface area contributed by atoms with Crippen LogP contribution in [0.4, 0.5) is 0 Å². The van der Waals surface area contributed by atoms with E-state index in [1.54, 1.807) is 0 Å². The van der Waals surface area contributed by atoms with Gasteiger partial charge in [-0.3, -0.25) is 0 Å². The van der Waals surface area contributed by atoms with Crippen molar-refractivity contribution in [3.05, 3.63) is 115 Å². The van der Waals surface area contributed by atoms with Crippen molar-refractivity contribution in [2.45, 2.75) is 0 Å². The second-order valence-electron chi connectivity index (χ2n) is 8.78. The van der Waals surface area contributed by atoms with Crippen LogP contribution in [0.5, 0.6) is 0 Å². The summed E-state index contributed by atoms with van der Waals surface area (Å²) in [6.45, 7) is 0. The standard InChI is InChI=1S/C31H19N7S2/c1-3-10-20(11-4-1)22-14-7-16-24(32-22)28-35-37-30(39-28)26-18-9-19-27(34-26)31-38-36-29(40-31)25-17-8-15-23(33-25)21-12-5-2-6-13-21/h1-19H. The van der Waals surface area contributed by atoms with Crippen molar-refractivity contribution >= 4 is 22.7 Å². The van der Waals surface area contributed by atoms with E-state index in [1.807, 2.05) is 115 Å². The molecule has 0 spiro atoms. The number of rotatable bonds is 6. The van der Waals surface area contributed by atoms with Crippen molar-refractivity contribution in [3.8, 4) is 65.3 Å². The van der Waals surface area contributed by atoms with Crippen molar-refractivity contribution in [3.63, 3.8) is 0 Å². The monoisotopic (exact) mass is 553 g/mol. The Labute approximate surface area is 238 Å². The first-order chi connectivity index (χ1) is 19.8. The summed E-state index contributed by atoms with van der Waals surface area (Å²) in [5, 5.41) is 20.6. The molecule has 0 saturated heterocycles. The highest BCUT2D eigenvalue weighted by Gasteiger charge is 2.15. The smallest absolute Gasteiger partial charge is 0.166 e. The highest BCUT2D eigenvalue weighted by molar-refractivity contribution is 7.18. The molecule has 0 fully saturated rings. The molecule has 40 heavy (non-hydrogen) atoms. The van der Waals surface area contributed by atoms with E-state index in [0.29, 0.717) is 10.0 Å². The lowest BCUT2D eigenvalue weighted by Crippen LogP contribution is -1.87. The Balaban J connectivity index is 1.15. The fourth-order valence-electron chi connectivity index (χ4n) is 4.18. The Hall–Kier alpha value is -4.99. The summed E-state index contributed by atoms with van der Waals surface area (Å²) in [6.07, 6.45) is 0. The third-order valence-electron chi connectivity index (χ3n) is 6.11. The van der Waals surface area contributed by atoms with E-state index in [9.17, 15) is 0 Å². The molecule has 5 heterocycles. The van der Waals surface area contributed by atoms with Crippen LogP contribution in [0.15, 0.2) is 115 Å². The van der Waals surface area contributed by atoms with E-state index in [2.05, 4.69) is 20.4 Å². The highest BCUT2D eigenvalue weighted by atomic mass is 32.1. The van der Waals surface area contributed by atoms with E-state index < -0.39 is 0 Å². The fourth-order valence-corrected chi connectivity index (χ4v) is 5.75. The molecule has 0 radical (unpaired) electrons. The molecule has 0 aliphatic heterocycles. The van der Waals surface area contributed by atoms with Gasteiger partial charge in [-0.05, 0) is 36.4 Å². The van der Waals surface area contributed by atoms with E-state index >= 15 is 0 Å². The second-order valence-corrected chi connectivity index (χ2v) is 10.7. The predicted octanol–water partition coefficient (Wildman–Crippen LogP) is 7.58. The summed E-state index contributed by atoms with van der Waals surface area (Å²) < 4.78 is 0. The van der Waals surface area contributed by atoms with Gasteiger partial charge in [0, 0.05) is 11.1 Å². The zero-order valence-corrected chi connectivity index (χ0v) is 22.5. The van der Waals surface area contributed by atoms with Gasteiger partial charge < -0.3 is 0 Å². The van der Waals surface area contributed by atoms with Gasteiger partial charge in [-0.15, -0.1) is 20.4 Å². The molecular weight excluding hydrogens is 535 g/mol. The molecule has 0 aliphatic carbocycles. The molecule has 0 aliphatic rings. The van der Waals surface area contributed by atoms with Crippen LogP contribution in [-0.2, 0) is 0 Å². The molecule has 2 aromatic carbocycles. The predicted molar refractivity (Wildman–Crippen MR) is 159 cm³/mol. The molecule has 0 bridgehead atoms. The Morgan fingerprint density at radius 3 is 0.950 bits per heavy atom. The number of benzene rings is 2. The number of nitrogens with zero attached hydrogens (tertiary/aromatic N) is 7. The Morgan fingerprint density at radius 1 is 0.300 bits per heavy atom. The number of hydrogen-bond acceptors (Lipinski definition) is 9. The molecule has 0 unspecified atom stereocenters. The van der Waals surface area contributed by atoms with Crippen LogP contribution < -0.4 is 0 Å². The van der Waals surface area contributed by atoms with E-state index in [-0.39, 0.29) is 0 Å². The van der Waals surface area contributed by atoms with Gasteiger partial charge in [0.05, 0.1) is 11.4 Å². The molecule has 0 N–H and O–H groups in total. The highest BCUT2D eigenvalue weighted by Crippen LogP contribution is 2.33. The van der Waals surface area contributed by atoms with E-state index in [0.717, 1.165) is 55.3 Å². The normalized spacial score (nSPS) is 11.0. The van der Waals surface area contributed by atoms with Gasteiger partial charge in [-0.1, -0.05) is 102 Å². The average Bonchev–Trinajstić information content (AvgIpc) is 3.74. The molecule has 190 valence electrons. The van der Waals surface area contributed by atoms with Crippen molar-refractivity contribution in [1.29, 1.82) is 0 Å². The lowest BCUT2D eigenvalue weighted by molar-refractivity contribution is 1.07. The lowest BCUT2D eigenvalue weighted by atomic mass is 10.1. The van der Waals surface area contributed by atoms with Crippen LogP contribution in [0.25, 0.3) is 65.3 Å². The molecule has 0 atom stereocenters. The first-order valence-electron chi connectivity index (χ1n) is 12.5. The molecular formula is C31H19N7S2. The minimum atomic E-state index is 0.714. The molecule has 7 rings (SSSR count). The topological polar surface area (TPSA) is 90.2 Å². The van der Waals surface area contributed by atoms with Crippen molar-refractivity contribution < 1.29 is 0 Å². The summed E-state index contributed by atoms with van der Waals surface area (Å²) in [5.74, 6) is 0. The van der Waals surface area contributed by atoms with Gasteiger partial charge in [0.1, 0.15) is 22.8 Å². The van der Waals surface area contributed by atoms with Crippen LogP contribution in [0, 0.1) is 0 Å². The van der Waals surface area contributed by atoms with Gasteiger partial charge in [0.25, 0.3) is 0 Å². The van der Waals surface area contributed by atoms with Gasteiger partial charge in [-0.2, -0.15) is 0 Å². The van der Waals surface area contributed by atoms with Crippen molar-refractivity contribution in [2.24, 2.45) is 0 Å². The summed E-state index contributed by atoms with van der Waals surface area (Å²) in [7, 11) is 0.